The minimum absolute atomic E-state index is 0.139. The fourth-order valence-corrected chi connectivity index (χ4v) is 3.70. The van der Waals surface area contributed by atoms with Gasteiger partial charge in [-0.2, -0.15) is 0 Å². The van der Waals surface area contributed by atoms with Crippen molar-refractivity contribution < 1.29 is 9.59 Å². The third-order valence-electron chi connectivity index (χ3n) is 4.89. The number of carbonyl (C=O) groups excluding carboxylic acids is 2. The minimum Gasteiger partial charge on any atom is -0.352 e. The summed E-state index contributed by atoms with van der Waals surface area (Å²) in [6, 6.07) is 7.27. The summed E-state index contributed by atoms with van der Waals surface area (Å²) >= 11 is 5.81. The predicted octanol–water partition coefficient (Wildman–Crippen LogP) is 2.16. The van der Waals surface area contributed by atoms with Crippen LogP contribution in [0, 0.1) is 0 Å². The summed E-state index contributed by atoms with van der Waals surface area (Å²) in [7, 11) is 0. The number of rotatable bonds is 4. The monoisotopic (exact) mass is 349 g/mol. The van der Waals surface area contributed by atoms with Crippen LogP contribution in [0.2, 0.25) is 5.02 Å². The molecule has 2 amide bonds. The number of fused-ring (bicyclic) bond motifs is 1. The zero-order valence-corrected chi connectivity index (χ0v) is 14.6. The number of amides is 2. The fraction of sp³-hybridized carbons (Fsp3) is 0.556. The SMILES string of the molecule is O=C(NCCC(=O)N1CCCN2CCC[C@@H]2C1)c1ccc(Cl)cc1. The van der Waals surface area contributed by atoms with Gasteiger partial charge in [-0.3, -0.25) is 14.5 Å². The second kappa shape index (κ2) is 7.99. The van der Waals surface area contributed by atoms with Gasteiger partial charge in [0, 0.05) is 49.2 Å². The lowest BCUT2D eigenvalue weighted by atomic mass is 10.2. The molecule has 0 bridgehead atoms. The van der Waals surface area contributed by atoms with Crippen LogP contribution in [0.15, 0.2) is 24.3 Å². The lowest BCUT2D eigenvalue weighted by Crippen LogP contribution is -2.40. The van der Waals surface area contributed by atoms with Gasteiger partial charge in [0.15, 0.2) is 0 Å². The Labute approximate surface area is 147 Å². The molecule has 130 valence electrons. The number of hydrogen-bond donors (Lipinski definition) is 1. The number of halogens is 1. The van der Waals surface area contributed by atoms with E-state index in [0.717, 1.165) is 26.1 Å². The van der Waals surface area contributed by atoms with Crippen LogP contribution < -0.4 is 5.32 Å². The van der Waals surface area contributed by atoms with Crippen molar-refractivity contribution in [3.63, 3.8) is 0 Å². The van der Waals surface area contributed by atoms with Gasteiger partial charge >= 0.3 is 0 Å². The molecule has 5 nitrogen and oxygen atoms in total. The molecule has 0 radical (unpaired) electrons. The van der Waals surface area contributed by atoms with Crippen molar-refractivity contribution in [2.24, 2.45) is 0 Å². The van der Waals surface area contributed by atoms with Gasteiger partial charge in [0.2, 0.25) is 5.91 Å². The molecule has 3 rings (SSSR count). The normalized spacial score (nSPS) is 21.2. The Morgan fingerprint density at radius 3 is 2.67 bits per heavy atom. The van der Waals surface area contributed by atoms with Crippen molar-refractivity contribution in [1.82, 2.24) is 15.1 Å². The van der Waals surface area contributed by atoms with Crippen molar-refractivity contribution in [3.05, 3.63) is 34.9 Å². The van der Waals surface area contributed by atoms with Crippen molar-refractivity contribution in [2.45, 2.75) is 31.7 Å². The van der Waals surface area contributed by atoms with Crippen molar-refractivity contribution in [2.75, 3.05) is 32.7 Å². The quantitative estimate of drug-likeness (QED) is 0.906. The summed E-state index contributed by atoms with van der Waals surface area (Å²) in [6.07, 6.45) is 3.83. The lowest BCUT2D eigenvalue weighted by Gasteiger charge is -2.25. The molecule has 0 aliphatic carbocycles. The van der Waals surface area contributed by atoms with Gasteiger partial charge in [-0.05, 0) is 50.1 Å². The van der Waals surface area contributed by atoms with Gasteiger partial charge in [0.25, 0.3) is 5.91 Å². The zero-order valence-electron chi connectivity index (χ0n) is 13.8. The van der Waals surface area contributed by atoms with E-state index in [1.807, 2.05) is 4.90 Å². The largest absolute Gasteiger partial charge is 0.352 e. The first-order chi connectivity index (χ1) is 11.6. The van der Waals surface area contributed by atoms with Crippen molar-refractivity contribution >= 4 is 23.4 Å². The number of nitrogens with zero attached hydrogens (tertiary/aromatic N) is 2. The third kappa shape index (κ3) is 4.28. The van der Waals surface area contributed by atoms with Crippen LogP contribution in [0.4, 0.5) is 0 Å². The van der Waals surface area contributed by atoms with Crippen LogP contribution in [0.25, 0.3) is 0 Å². The van der Waals surface area contributed by atoms with E-state index in [-0.39, 0.29) is 11.8 Å². The van der Waals surface area contributed by atoms with Crippen LogP contribution >= 0.6 is 11.6 Å². The second-order valence-corrected chi connectivity index (χ2v) is 6.97. The van der Waals surface area contributed by atoms with Crippen LogP contribution in [0.3, 0.4) is 0 Å². The molecule has 1 aromatic rings. The van der Waals surface area contributed by atoms with Crippen molar-refractivity contribution in [1.29, 1.82) is 0 Å². The molecular formula is C18H24ClN3O2. The van der Waals surface area contributed by atoms with Gasteiger partial charge in [-0.15, -0.1) is 0 Å². The first-order valence-corrected chi connectivity index (χ1v) is 9.07. The average Bonchev–Trinajstić information content (AvgIpc) is 2.92. The van der Waals surface area contributed by atoms with Crippen LogP contribution in [0.5, 0.6) is 0 Å². The van der Waals surface area contributed by atoms with E-state index in [2.05, 4.69) is 10.2 Å². The number of nitrogens with one attached hydrogen (secondary N) is 1. The van der Waals surface area contributed by atoms with E-state index in [0.29, 0.717) is 29.6 Å². The average molecular weight is 350 g/mol. The predicted molar refractivity (Wildman–Crippen MR) is 94.2 cm³/mol. The summed E-state index contributed by atoms with van der Waals surface area (Å²) in [4.78, 5) is 29.0. The molecule has 0 spiro atoms. The van der Waals surface area contributed by atoms with E-state index in [1.165, 1.54) is 19.4 Å². The molecule has 1 atom stereocenters. The van der Waals surface area contributed by atoms with Gasteiger partial charge in [-0.1, -0.05) is 11.6 Å². The molecule has 2 fully saturated rings. The molecule has 0 saturated carbocycles. The Balaban J connectivity index is 1.45. The first-order valence-electron chi connectivity index (χ1n) is 8.69. The summed E-state index contributed by atoms with van der Waals surface area (Å²) in [5.41, 5.74) is 0.559. The lowest BCUT2D eigenvalue weighted by molar-refractivity contribution is -0.131. The minimum atomic E-state index is -0.169. The number of carbonyl (C=O) groups is 2. The van der Waals surface area contributed by atoms with Gasteiger partial charge in [-0.25, -0.2) is 0 Å². The van der Waals surface area contributed by atoms with Crippen LogP contribution in [-0.4, -0.2) is 60.4 Å². The van der Waals surface area contributed by atoms with E-state index in [1.54, 1.807) is 24.3 Å². The maximum absolute atomic E-state index is 12.4. The molecule has 2 saturated heterocycles. The fourth-order valence-electron chi connectivity index (χ4n) is 3.58. The highest BCUT2D eigenvalue weighted by atomic mass is 35.5. The molecular weight excluding hydrogens is 326 g/mol. The summed E-state index contributed by atoms with van der Waals surface area (Å²) in [5.74, 6) is -0.0301. The molecule has 24 heavy (non-hydrogen) atoms. The third-order valence-corrected chi connectivity index (χ3v) is 5.14. The van der Waals surface area contributed by atoms with Crippen molar-refractivity contribution in [3.8, 4) is 0 Å². The van der Waals surface area contributed by atoms with E-state index < -0.39 is 0 Å². The van der Waals surface area contributed by atoms with E-state index >= 15 is 0 Å². The van der Waals surface area contributed by atoms with Crippen LogP contribution in [0.1, 0.15) is 36.0 Å². The molecule has 2 heterocycles. The van der Waals surface area contributed by atoms with Gasteiger partial charge in [0.1, 0.15) is 0 Å². The Morgan fingerprint density at radius 1 is 1.12 bits per heavy atom. The summed E-state index contributed by atoms with van der Waals surface area (Å²) in [5, 5.41) is 3.41. The maximum atomic E-state index is 12.4. The zero-order chi connectivity index (χ0) is 16.9. The number of hydrogen-bond acceptors (Lipinski definition) is 3. The first kappa shape index (κ1) is 17.2. The molecule has 6 heteroatoms. The smallest absolute Gasteiger partial charge is 0.251 e. The van der Waals surface area contributed by atoms with E-state index in [9.17, 15) is 9.59 Å². The number of benzene rings is 1. The summed E-state index contributed by atoms with van der Waals surface area (Å²) < 4.78 is 0. The summed E-state index contributed by atoms with van der Waals surface area (Å²) in [6.45, 7) is 4.30. The highest BCUT2D eigenvalue weighted by molar-refractivity contribution is 6.30. The standard InChI is InChI=1S/C18H24ClN3O2/c19-15-6-4-14(5-7-15)18(24)20-9-8-17(23)22-12-2-11-21-10-1-3-16(21)13-22/h4-7,16H,1-3,8-13H2,(H,20,24)/t16-/m1/s1. The molecule has 0 aromatic heterocycles. The van der Waals surface area contributed by atoms with E-state index in [4.69, 9.17) is 11.6 Å². The Bertz CT molecular complexity index is 590. The highest BCUT2D eigenvalue weighted by Gasteiger charge is 2.30. The van der Waals surface area contributed by atoms with Gasteiger partial charge < -0.3 is 10.2 Å². The molecule has 0 unspecified atom stereocenters. The molecule has 1 aromatic carbocycles. The molecule has 2 aliphatic heterocycles. The molecule has 2 aliphatic rings. The highest BCUT2D eigenvalue weighted by Crippen LogP contribution is 2.21. The van der Waals surface area contributed by atoms with Crippen LogP contribution in [-0.2, 0) is 4.79 Å². The Kier molecular flexibility index (Phi) is 5.74. The topological polar surface area (TPSA) is 52.7 Å². The molecule has 1 N–H and O–H groups in total. The maximum Gasteiger partial charge on any atom is 0.251 e. The Hall–Kier alpha value is -1.59. The van der Waals surface area contributed by atoms with Gasteiger partial charge in [0.05, 0.1) is 0 Å². The second-order valence-electron chi connectivity index (χ2n) is 6.54. The Morgan fingerprint density at radius 2 is 1.88 bits per heavy atom.